The predicted molar refractivity (Wildman–Crippen MR) is 187 cm³/mol. The second-order valence-electron chi connectivity index (χ2n) is 12.2. The van der Waals surface area contributed by atoms with E-state index >= 15 is 0 Å². The average molecular weight is 725 g/mol. The molecule has 1 amide bonds. The molecule has 0 aliphatic carbocycles. The number of H-pyrrole nitrogens is 1. The van der Waals surface area contributed by atoms with Crippen molar-refractivity contribution in [1.82, 2.24) is 4.90 Å². The lowest BCUT2D eigenvalue weighted by Crippen LogP contribution is -2.53. The SMILES string of the molecule is COc1ccc([C@H](Cc2c(Cl)c[nH+]cc2Cl)OC(=O)c2cccc(CN(C(=O)O[C@H]3CN4CCC3CC4)c3cccc(O)c3)c2)cc1OC.[OH-]. The number of benzene rings is 3. The van der Waals surface area contributed by atoms with Gasteiger partial charge in [0.1, 0.15) is 28.0 Å². The summed E-state index contributed by atoms with van der Waals surface area (Å²) in [6.45, 7) is 2.85. The van der Waals surface area contributed by atoms with Gasteiger partial charge in [-0.25, -0.2) is 14.6 Å². The lowest BCUT2D eigenvalue weighted by atomic mass is 9.86. The van der Waals surface area contributed by atoms with E-state index in [9.17, 15) is 14.7 Å². The van der Waals surface area contributed by atoms with Crippen molar-refractivity contribution in [3.63, 3.8) is 0 Å². The third kappa shape index (κ3) is 8.42. The van der Waals surface area contributed by atoms with Crippen LogP contribution in [0.1, 0.15) is 46.0 Å². The third-order valence-corrected chi connectivity index (χ3v) is 9.80. The molecule has 4 aromatic rings. The van der Waals surface area contributed by atoms with Crippen LogP contribution in [-0.2, 0) is 22.4 Å². The summed E-state index contributed by atoms with van der Waals surface area (Å²) in [7, 11) is 3.07. The number of pyridine rings is 1. The smallest absolute Gasteiger partial charge is 0.414 e. The van der Waals surface area contributed by atoms with E-state index in [1.54, 1.807) is 74.1 Å². The first-order valence-electron chi connectivity index (χ1n) is 16.1. The number of phenols is 1. The van der Waals surface area contributed by atoms with Crippen LogP contribution in [0.2, 0.25) is 10.0 Å². The van der Waals surface area contributed by atoms with Crippen molar-refractivity contribution < 1.29 is 44.1 Å². The Kier molecular flexibility index (Phi) is 12.1. The molecule has 1 aromatic heterocycles. The minimum atomic E-state index is -0.798. The molecule has 3 N–H and O–H groups in total. The molecular weight excluding hydrogens is 685 g/mol. The molecule has 2 atom stereocenters. The summed E-state index contributed by atoms with van der Waals surface area (Å²) in [6.07, 6.45) is 3.89. The summed E-state index contributed by atoms with van der Waals surface area (Å²) < 4.78 is 23.1. The quantitative estimate of drug-likeness (QED) is 0.167. The number of anilines is 1. The summed E-state index contributed by atoms with van der Waals surface area (Å²) in [6, 6.07) is 18.6. The molecule has 50 heavy (non-hydrogen) atoms. The molecule has 4 heterocycles. The highest BCUT2D eigenvalue weighted by Crippen LogP contribution is 2.36. The zero-order chi connectivity index (χ0) is 34.5. The number of nitrogens with one attached hydrogen (secondary N) is 1. The number of fused-ring (bicyclic) bond motifs is 3. The van der Waals surface area contributed by atoms with E-state index < -0.39 is 18.2 Å². The van der Waals surface area contributed by atoms with Gasteiger partial charge in [0.15, 0.2) is 23.9 Å². The van der Waals surface area contributed by atoms with Crippen LogP contribution in [-0.4, -0.2) is 67.5 Å². The minimum absolute atomic E-state index is 0. The molecule has 13 heteroatoms. The Hall–Kier alpha value is -4.55. The van der Waals surface area contributed by atoms with Gasteiger partial charge in [-0.15, -0.1) is 0 Å². The molecule has 3 saturated heterocycles. The summed E-state index contributed by atoms with van der Waals surface area (Å²) in [4.78, 5) is 34.2. The van der Waals surface area contributed by atoms with Gasteiger partial charge in [0.2, 0.25) is 0 Å². The van der Waals surface area contributed by atoms with Crippen LogP contribution in [0.15, 0.2) is 79.1 Å². The molecule has 3 aliphatic rings. The highest BCUT2D eigenvalue weighted by Gasteiger charge is 2.37. The molecule has 2 bridgehead atoms. The minimum Gasteiger partial charge on any atom is -0.870 e. The Morgan fingerprint density at radius 3 is 2.34 bits per heavy atom. The molecule has 3 aliphatic heterocycles. The van der Waals surface area contributed by atoms with Crippen molar-refractivity contribution in [1.29, 1.82) is 0 Å². The maximum atomic E-state index is 13.8. The molecule has 0 spiro atoms. The van der Waals surface area contributed by atoms with Crippen molar-refractivity contribution in [2.24, 2.45) is 5.92 Å². The summed E-state index contributed by atoms with van der Waals surface area (Å²) >= 11 is 13.0. The molecule has 7 rings (SSSR count). The van der Waals surface area contributed by atoms with Crippen molar-refractivity contribution in [2.75, 3.05) is 38.8 Å². The Morgan fingerprint density at radius 1 is 0.960 bits per heavy atom. The Bertz CT molecular complexity index is 1800. The first-order chi connectivity index (χ1) is 23.7. The van der Waals surface area contributed by atoms with Gasteiger partial charge in [-0.1, -0.05) is 47.5 Å². The first kappa shape index (κ1) is 36.7. The zero-order valence-electron chi connectivity index (χ0n) is 27.7. The number of aromatic hydroxyl groups is 1. The number of aromatic amines is 1. The Morgan fingerprint density at radius 2 is 1.68 bits per heavy atom. The number of amides is 1. The zero-order valence-corrected chi connectivity index (χ0v) is 29.2. The lowest BCUT2D eigenvalue weighted by molar-refractivity contribution is -0.377. The lowest BCUT2D eigenvalue weighted by Gasteiger charge is -2.44. The number of halogens is 2. The highest BCUT2D eigenvalue weighted by molar-refractivity contribution is 6.35. The van der Waals surface area contributed by atoms with Crippen LogP contribution in [0.5, 0.6) is 17.2 Å². The van der Waals surface area contributed by atoms with Crippen molar-refractivity contribution in [3.05, 3.63) is 111 Å². The number of methoxy groups -OCH3 is 2. The number of nitrogens with zero attached hydrogens (tertiary/aromatic N) is 2. The fourth-order valence-corrected chi connectivity index (χ4v) is 7.01. The van der Waals surface area contributed by atoms with Crippen LogP contribution in [0, 0.1) is 5.92 Å². The number of piperidine rings is 3. The van der Waals surface area contributed by atoms with Crippen molar-refractivity contribution >= 4 is 41.0 Å². The van der Waals surface area contributed by atoms with Gasteiger partial charge in [0, 0.05) is 24.6 Å². The highest BCUT2D eigenvalue weighted by atomic mass is 35.5. The normalized spacial score (nSPS) is 18.4. The van der Waals surface area contributed by atoms with E-state index in [1.165, 1.54) is 18.1 Å². The summed E-state index contributed by atoms with van der Waals surface area (Å²) in [5.74, 6) is 0.760. The van der Waals surface area contributed by atoms with Gasteiger partial charge < -0.3 is 29.5 Å². The first-order valence-corrected chi connectivity index (χ1v) is 16.8. The fourth-order valence-electron chi connectivity index (χ4n) is 6.47. The van der Waals surface area contributed by atoms with Crippen LogP contribution < -0.4 is 19.4 Å². The van der Waals surface area contributed by atoms with Gasteiger partial charge in [-0.3, -0.25) is 9.80 Å². The van der Waals surface area contributed by atoms with E-state index in [0.717, 1.165) is 25.9 Å². The van der Waals surface area contributed by atoms with E-state index in [1.807, 2.05) is 6.07 Å². The van der Waals surface area contributed by atoms with Gasteiger partial charge in [-0.05, 0) is 79.4 Å². The molecule has 0 saturated carbocycles. The van der Waals surface area contributed by atoms with Gasteiger partial charge in [-0.2, -0.15) is 0 Å². The van der Waals surface area contributed by atoms with Gasteiger partial charge in [0.25, 0.3) is 0 Å². The predicted octanol–water partition coefficient (Wildman–Crippen LogP) is 6.73. The number of hydrogen-bond acceptors (Lipinski definition) is 9. The number of aromatic nitrogens is 1. The number of carbonyl (C=O) groups excluding carboxylic acids is 2. The van der Waals surface area contributed by atoms with Crippen molar-refractivity contribution in [3.8, 4) is 17.2 Å². The second-order valence-corrected chi connectivity index (χ2v) is 13.0. The molecule has 264 valence electrons. The number of carbonyl (C=O) groups is 2. The van der Waals surface area contributed by atoms with E-state index in [4.69, 9.17) is 42.1 Å². The monoisotopic (exact) mass is 723 g/mol. The molecule has 3 aromatic carbocycles. The Balaban J connectivity index is 0.00000486. The number of rotatable bonds is 11. The fraction of sp³-hybridized carbons (Fsp3) is 0.324. The molecule has 0 unspecified atom stereocenters. The topological polar surface area (TPSA) is 142 Å². The second kappa shape index (κ2) is 16.4. The maximum absolute atomic E-state index is 13.8. The van der Waals surface area contributed by atoms with Gasteiger partial charge in [0.05, 0.1) is 32.0 Å². The molecule has 3 fully saturated rings. The van der Waals surface area contributed by atoms with Gasteiger partial charge >= 0.3 is 12.1 Å². The van der Waals surface area contributed by atoms with Crippen LogP contribution in [0.3, 0.4) is 0 Å². The van der Waals surface area contributed by atoms with E-state index in [2.05, 4.69) is 9.88 Å². The number of phenolic OH excluding ortho intramolecular Hbond substituents is 1. The molecule has 11 nitrogen and oxygen atoms in total. The number of ether oxygens (including phenoxy) is 4. The average Bonchev–Trinajstić information content (AvgIpc) is 3.12. The van der Waals surface area contributed by atoms with Crippen LogP contribution in [0.25, 0.3) is 0 Å². The maximum Gasteiger partial charge on any atom is 0.414 e. The van der Waals surface area contributed by atoms with Crippen LogP contribution >= 0.6 is 23.2 Å². The largest absolute Gasteiger partial charge is 0.870 e. The Labute approximate surface area is 300 Å². The molecule has 0 radical (unpaired) electrons. The number of hydrogen-bond donors (Lipinski definition) is 1. The van der Waals surface area contributed by atoms with Crippen molar-refractivity contribution in [2.45, 2.75) is 38.0 Å². The summed E-state index contributed by atoms with van der Waals surface area (Å²) in [5.41, 5.74) is 2.67. The standard InChI is InChI=1S/C37H37Cl2N3O7.H2O/c1-46-32-10-9-25(16-34(32)47-2)33(18-29-30(38)19-40-20-31(29)39)48-36(44)26-6-3-5-23(15-26)21-42(27-7-4-8-28(43)17-27)37(45)49-35-22-41-13-11-24(35)12-14-41;/h3-10,15-17,19-20,24,33,35,43H,11-14,18,21-22H2,1-2H3;1H2/t33-,35-;/m0./s1. The molecular formula is C37H39Cl2N3O8. The third-order valence-electron chi connectivity index (χ3n) is 9.13. The number of esters is 1. The summed E-state index contributed by atoms with van der Waals surface area (Å²) in [5, 5.41) is 11.0. The van der Waals surface area contributed by atoms with Crippen LogP contribution in [0.4, 0.5) is 10.5 Å². The van der Waals surface area contributed by atoms with E-state index in [-0.39, 0.29) is 35.9 Å². The van der Waals surface area contributed by atoms with E-state index in [0.29, 0.717) is 56.4 Å².